The SMILES string of the molecule is CCCCOc1ccccc1NC(=O)c1ccc(OC)c(F)c1. The zero-order chi connectivity index (χ0) is 16.7. The molecule has 2 aromatic rings. The quantitative estimate of drug-likeness (QED) is 0.776. The number of hydrogen-bond donors (Lipinski definition) is 1. The van der Waals surface area contributed by atoms with Crippen LogP contribution in [0.3, 0.4) is 0 Å². The Bertz CT molecular complexity index is 673. The van der Waals surface area contributed by atoms with Gasteiger partial charge in [0.2, 0.25) is 0 Å². The van der Waals surface area contributed by atoms with E-state index >= 15 is 0 Å². The minimum Gasteiger partial charge on any atom is -0.494 e. The van der Waals surface area contributed by atoms with Crippen LogP contribution in [-0.2, 0) is 0 Å². The number of carbonyl (C=O) groups excluding carboxylic acids is 1. The number of halogens is 1. The van der Waals surface area contributed by atoms with Crippen molar-refractivity contribution in [3.63, 3.8) is 0 Å². The molecule has 4 nitrogen and oxygen atoms in total. The number of rotatable bonds is 7. The zero-order valence-electron chi connectivity index (χ0n) is 13.3. The highest BCUT2D eigenvalue weighted by Gasteiger charge is 2.12. The van der Waals surface area contributed by atoms with Crippen LogP contribution in [0.2, 0.25) is 0 Å². The predicted molar refractivity (Wildman–Crippen MR) is 87.8 cm³/mol. The molecule has 0 unspecified atom stereocenters. The van der Waals surface area contributed by atoms with Gasteiger partial charge in [0.25, 0.3) is 5.91 Å². The van der Waals surface area contributed by atoms with Crippen molar-refractivity contribution in [2.24, 2.45) is 0 Å². The van der Waals surface area contributed by atoms with Gasteiger partial charge in [-0.3, -0.25) is 4.79 Å². The zero-order valence-corrected chi connectivity index (χ0v) is 13.3. The Morgan fingerprint density at radius 1 is 1.17 bits per heavy atom. The summed E-state index contributed by atoms with van der Waals surface area (Å²) in [6.45, 7) is 2.66. The van der Waals surface area contributed by atoms with Gasteiger partial charge in [-0.25, -0.2) is 4.39 Å². The molecule has 0 heterocycles. The fourth-order valence-corrected chi connectivity index (χ4v) is 2.02. The van der Waals surface area contributed by atoms with E-state index in [1.165, 1.54) is 19.2 Å². The van der Waals surface area contributed by atoms with Crippen molar-refractivity contribution >= 4 is 11.6 Å². The van der Waals surface area contributed by atoms with E-state index in [4.69, 9.17) is 9.47 Å². The third kappa shape index (κ3) is 4.45. The molecule has 0 saturated heterocycles. The second-order valence-corrected chi connectivity index (χ2v) is 5.00. The molecule has 0 saturated carbocycles. The van der Waals surface area contributed by atoms with Gasteiger partial charge in [0.05, 0.1) is 19.4 Å². The number of ether oxygens (including phenoxy) is 2. The van der Waals surface area contributed by atoms with Gasteiger partial charge in [0.15, 0.2) is 11.6 Å². The Labute approximate surface area is 135 Å². The Balaban J connectivity index is 2.12. The van der Waals surface area contributed by atoms with Crippen molar-refractivity contribution in [3.8, 4) is 11.5 Å². The lowest BCUT2D eigenvalue weighted by Crippen LogP contribution is -2.13. The van der Waals surface area contributed by atoms with Crippen LogP contribution in [0.4, 0.5) is 10.1 Å². The molecule has 1 amide bonds. The van der Waals surface area contributed by atoms with Crippen LogP contribution in [0.15, 0.2) is 42.5 Å². The van der Waals surface area contributed by atoms with E-state index in [1.807, 2.05) is 6.07 Å². The molecular weight excluding hydrogens is 297 g/mol. The minimum absolute atomic E-state index is 0.102. The monoisotopic (exact) mass is 317 g/mol. The second kappa shape index (κ2) is 8.17. The molecular formula is C18H20FNO3. The third-order valence-electron chi connectivity index (χ3n) is 3.30. The van der Waals surface area contributed by atoms with Gasteiger partial charge in [-0.2, -0.15) is 0 Å². The maximum absolute atomic E-state index is 13.7. The van der Waals surface area contributed by atoms with Gasteiger partial charge < -0.3 is 14.8 Å². The van der Waals surface area contributed by atoms with E-state index in [2.05, 4.69) is 12.2 Å². The first-order valence-electron chi connectivity index (χ1n) is 7.52. The topological polar surface area (TPSA) is 47.6 Å². The van der Waals surface area contributed by atoms with Crippen molar-refractivity contribution in [2.45, 2.75) is 19.8 Å². The summed E-state index contributed by atoms with van der Waals surface area (Å²) in [6.07, 6.45) is 1.96. The highest BCUT2D eigenvalue weighted by atomic mass is 19.1. The lowest BCUT2D eigenvalue weighted by atomic mass is 10.2. The fourth-order valence-electron chi connectivity index (χ4n) is 2.02. The lowest BCUT2D eigenvalue weighted by molar-refractivity contribution is 0.102. The molecule has 0 aliphatic heterocycles. The minimum atomic E-state index is -0.576. The molecule has 0 aromatic heterocycles. The number of nitrogens with one attached hydrogen (secondary N) is 1. The van der Waals surface area contributed by atoms with Crippen LogP contribution >= 0.6 is 0 Å². The largest absolute Gasteiger partial charge is 0.494 e. The van der Waals surface area contributed by atoms with Crippen molar-refractivity contribution in [1.29, 1.82) is 0 Å². The van der Waals surface area contributed by atoms with Crippen LogP contribution in [0.1, 0.15) is 30.1 Å². The summed E-state index contributed by atoms with van der Waals surface area (Å²) in [6, 6.07) is 11.3. The van der Waals surface area contributed by atoms with Crippen molar-refractivity contribution < 1.29 is 18.7 Å². The fraction of sp³-hybridized carbons (Fsp3) is 0.278. The number of carbonyl (C=O) groups is 1. The van der Waals surface area contributed by atoms with Crippen LogP contribution < -0.4 is 14.8 Å². The van der Waals surface area contributed by atoms with E-state index < -0.39 is 11.7 Å². The average Bonchev–Trinajstić information content (AvgIpc) is 2.56. The summed E-state index contributed by atoms with van der Waals surface area (Å²) in [4.78, 5) is 12.3. The number of methoxy groups -OCH3 is 1. The molecule has 0 bridgehead atoms. The normalized spacial score (nSPS) is 10.2. The first kappa shape index (κ1) is 16.8. The molecule has 0 aliphatic rings. The molecule has 0 fully saturated rings. The van der Waals surface area contributed by atoms with Gasteiger partial charge >= 0.3 is 0 Å². The van der Waals surface area contributed by atoms with Crippen LogP contribution in [0.5, 0.6) is 11.5 Å². The van der Waals surface area contributed by atoms with Crippen LogP contribution in [0.25, 0.3) is 0 Å². The van der Waals surface area contributed by atoms with E-state index in [-0.39, 0.29) is 11.3 Å². The molecule has 122 valence electrons. The van der Waals surface area contributed by atoms with Gasteiger partial charge in [0, 0.05) is 5.56 Å². The molecule has 23 heavy (non-hydrogen) atoms. The lowest BCUT2D eigenvalue weighted by Gasteiger charge is -2.12. The van der Waals surface area contributed by atoms with Crippen molar-refractivity contribution in [3.05, 3.63) is 53.8 Å². The summed E-state index contributed by atoms with van der Waals surface area (Å²) in [5.74, 6) is -0.279. The van der Waals surface area contributed by atoms with Crippen LogP contribution in [0, 0.1) is 5.82 Å². The van der Waals surface area contributed by atoms with E-state index in [1.54, 1.807) is 18.2 Å². The van der Waals surface area contributed by atoms with Gasteiger partial charge in [0.1, 0.15) is 5.75 Å². The average molecular weight is 317 g/mol. The molecule has 0 spiro atoms. The molecule has 2 aromatic carbocycles. The van der Waals surface area contributed by atoms with E-state index in [9.17, 15) is 9.18 Å². The predicted octanol–water partition coefficient (Wildman–Crippen LogP) is 4.27. The molecule has 1 N–H and O–H groups in total. The van der Waals surface area contributed by atoms with E-state index in [0.29, 0.717) is 18.0 Å². The molecule has 0 aliphatic carbocycles. The summed E-state index contributed by atoms with van der Waals surface area (Å²) in [5, 5.41) is 2.75. The number of hydrogen-bond acceptors (Lipinski definition) is 3. The maximum atomic E-state index is 13.7. The first-order chi connectivity index (χ1) is 11.2. The molecule has 0 atom stereocenters. The molecule has 0 radical (unpaired) electrons. The van der Waals surface area contributed by atoms with Gasteiger partial charge in [-0.1, -0.05) is 25.5 Å². The summed E-state index contributed by atoms with van der Waals surface area (Å²) in [5.41, 5.74) is 0.775. The Morgan fingerprint density at radius 3 is 2.65 bits per heavy atom. The third-order valence-corrected chi connectivity index (χ3v) is 3.30. The summed E-state index contributed by atoms with van der Waals surface area (Å²) < 4.78 is 24.2. The molecule has 2 rings (SSSR count). The highest BCUT2D eigenvalue weighted by Crippen LogP contribution is 2.25. The summed E-state index contributed by atoms with van der Waals surface area (Å²) in [7, 11) is 1.38. The van der Waals surface area contributed by atoms with Gasteiger partial charge in [-0.15, -0.1) is 0 Å². The van der Waals surface area contributed by atoms with Gasteiger partial charge in [-0.05, 0) is 36.8 Å². The second-order valence-electron chi connectivity index (χ2n) is 5.00. The number of unbranched alkanes of at least 4 members (excludes halogenated alkanes) is 1. The number of anilines is 1. The molecule has 5 heteroatoms. The Hall–Kier alpha value is -2.56. The summed E-state index contributed by atoms with van der Waals surface area (Å²) >= 11 is 0. The van der Waals surface area contributed by atoms with Crippen molar-refractivity contribution in [1.82, 2.24) is 0 Å². The Kier molecular flexibility index (Phi) is 5.97. The maximum Gasteiger partial charge on any atom is 0.255 e. The van der Waals surface area contributed by atoms with Crippen LogP contribution in [-0.4, -0.2) is 19.6 Å². The van der Waals surface area contributed by atoms with E-state index in [0.717, 1.165) is 18.9 Å². The van der Waals surface area contributed by atoms with Crippen molar-refractivity contribution in [2.75, 3.05) is 19.0 Å². The number of benzene rings is 2. The number of para-hydroxylation sites is 2. The number of amides is 1. The highest BCUT2D eigenvalue weighted by molar-refractivity contribution is 6.05. The standard InChI is InChI=1S/C18H20FNO3/c1-3-4-11-23-17-8-6-5-7-15(17)20-18(21)13-9-10-16(22-2)14(19)12-13/h5-10,12H,3-4,11H2,1-2H3,(H,20,21). The first-order valence-corrected chi connectivity index (χ1v) is 7.52. The smallest absolute Gasteiger partial charge is 0.255 e. The Morgan fingerprint density at radius 2 is 1.96 bits per heavy atom.